The summed E-state index contributed by atoms with van der Waals surface area (Å²) in [5.41, 5.74) is -0.122. The predicted molar refractivity (Wildman–Crippen MR) is 82.5 cm³/mol. The van der Waals surface area contributed by atoms with Crippen LogP contribution in [0.4, 0.5) is 0 Å². The van der Waals surface area contributed by atoms with Crippen LogP contribution in [0.1, 0.15) is 40.5 Å². The van der Waals surface area contributed by atoms with E-state index in [-0.39, 0.29) is 28.9 Å². The summed E-state index contributed by atoms with van der Waals surface area (Å²) in [5, 5.41) is 12.2. The van der Waals surface area contributed by atoms with E-state index in [4.69, 9.17) is 10.00 Å². The maximum absolute atomic E-state index is 12.3. The summed E-state index contributed by atoms with van der Waals surface area (Å²) in [5.74, 6) is -0.632. The van der Waals surface area contributed by atoms with Gasteiger partial charge in [-0.2, -0.15) is 5.26 Å². The Bertz CT molecular complexity index is 478. The summed E-state index contributed by atoms with van der Waals surface area (Å²) >= 11 is 0. The summed E-state index contributed by atoms with van der Waals surface area (Å²) in [6, 6.07) is 1.94. The Morgan fingerprint density at radius 1 is 1.36 bits per heavy atom. The van der Waals surface area contributed by atoms with Gasteiger partial charge in [0, 0.05) is 24.8 Å². The molecular formula is C16H25N3O3. The molecule has 22 heavy (non-hydrogen) atoms. The number of carbonyl (C=O) groups excluding carboxylic acids is 2. The van der Waals surface area contributed by atoms with Crippen LogP contribution in [0.3, 0.4) is 0 Å². The Morgan fingerprint density at radius 3 is 2.41 bits per heavy atom. The highest BCUT2D eigenvalue weighted by molar-refractivity contribution is 5.97. The minimum atomic E-state index is -0.290. The first-order valence-electron chi connectivity index (χ1n) is 7.62. The molecule has 0 aliphatic carbocycles. The summed E-state index contributed by atoms with van der Waals surface area (Å²) in [4.78, 5) is 25.6. The van der Waals surface area contributed by atoms with E-state index in [1.165, 1.54) is 6.20 Å². The fourth-order valence-corrected chi connectivity index (χ4v) is 2.18. The highest BCUT2D eigenvalue weighted by Gasteiger charge is 2.29. The lowest BCUT2D eigenvalue weighted by atomic mass is 9.96. The van der Waals surface area contributed by atoms with Gasteiger partial charge in [-0.15, -0.1) is 0 Å². The van der Waals surface area contributed by atoms with E-state index in [1.54, 1.807) is 11.8 Å². The van der Waals surface area contributed by atoms with Gasteiger partial charge in [-0.3, -0.25) is 9.59 Å². The SMILES string of the molecule is CCOC(=O)C1CCN(C(=O)/C(C#N)=C\NC(C)(C)C)CC1. The third-order valence-electron chi connectivity index (χ3n) is 3.40. The van der Waals surface area contributed by atoms with Gasteiger partial charge in [0.1, 0.15) is 11.6 Å². The number of amides is 1. The number of hydrogen-bond acceptors (Lipinski definition) is 5. The molecule has 1 aliphatic rings. The average molecular weight is 307 g/mol. The Hall–Kier alpha value is -2.03. The van der Waals surface area contributed by atoms with Crippen molar-refractivity contribution in [3.63, 3.8) is 0 Å². The quantitative estimate of drug-likeness (QED) is 0.484. The number of hydrogen-bond donors (Lipinski definition) is 1. The zero-order valence-corrected chi connectivity index (χ0v) is 13.8. The Balaban J connectivity index is 2.61. The molecule has 6 heteroatoms. The number of piperidine rings is 1. The number of nitriles is 1. The van der Waals surface area contributed by atoms with E-state index < -0.39 is 0 Å². The zero-order valence-electron chi connectivity index (χ0n) is 13.8. The van der Waals surface area contributed by atoms with E-state index in [1.807, 2.05) is 26.8 Å². The van der Waals surface area contributed by atoms with Gasteiger partial charge >= 0.3 is 5.97 Å². The van der Waals surface area contributed by atoms with E-state index >= 15 is 0 Å². The van der Waals surface area contributed by atoms with Crippen LogP contribution in [0, 0.1) is 17.2 Å². The van der Waals surface area contributed by atoms with Gasteiger partial charge in [-0.25, -0.2) is 0 Å². The molecule has 0 radical (unpaired) electrons. The number of nitrogens with one attached hydrogen (secondary N) is 1. The third-order valence-corrected chi connectivity index (χ3v) is 3.40. The van der Waals surface area contributed by atoms with E-state index in [9.17, 15) is 9.59 Å². The molecule has 0 aromatic heterocycles. The first-order chi connectivity index (χ1) is 10.3. The normalized spacial score (nSPS) is 16.9. The lowest BCUT2D eigenvalue weighted by Gasteiger charge is -2.30. The number of esters is 1. The molecule has 1 heterocycles. The summed E-state index contributed by atoms with van der Waals surface area (Å²) in [7, 11) is 0. The molecule has 0 aromatic carbocycles. The molecular weight excluding hydrogens is 282 g/mol. The van der Waals surface area contributed by atoms with Gasteiger partial charge in [0.15, 0.2) is 0 Å². The number of likely N-dealkylation sites (tertiary alicyclic amines) is 1. The first-order valence-corrected chi connectivity index (χ1v) is 7.62. The van der Waals surface area contributed by atoms with Crippen LogP contribution in [0.5, 0.6) is 0 Å². The van der Waals surface area contributed by atoms with E-state index in [2.05, 4.69) is 5.32 Å². The maximum Gasteiger partial charge on any atom is 0.309 e. The Morgan fingerprint density at radius 2 is 1.95 bits per heavy atom. The van der Waals surface area contributed by atoms with Crippen LogP contribution in [0.25, 0.3) is 0 Å². The van der Waals surface area contributed by atoms with Crippen molar-refractivity contribution >= 4 is 11.9 Å². The molecule has 0 atom stereocenters. The average Bonchev–Trinajstić information content (AvgIpc) is 2.47. The molecule has 0 bridgehead atoms. The fraction of sp³-hybridized carbons (Fsp3) is 0.688. The highest BCUT2D eigenvalue weighted by atomic mass is 16.5. The monoisotopic (exact) mass is 307 g/mol. The molecule has 6 nitrogen and oxygen atoms in total. The van der Waals surface area contributed by atoms with Crippen molar-refractivity contribution in [2.75, 3.05) is 19.7 Å². The molecule has 1 fully saturated rings. The topological polar surface area (TPSA) is 82.4 Å². The molecule has 122 valence electrons. The van der Waals surface area contributed by atoms with Gasteiger partial charge < -0.3 is 15.0 Å². The van der Waals surface area contributed by atoms with Gasteiger partial charge in [0.2, 0.25) is 0 Å². The van der Waals surface area contributed by atoms with Crippen LogP contribution >= 0.6 is 0 Å². The molecule has 0 saturated carbocycles. The lowest BCUT2D eigenvalue weighted by Crippen LogP contribution is -2.41. The number of rotatable bonds is 4. The molecule has 1 rings (SSSR count). The van der Waals surface area contributed by atoms with Crippen molar-refractivity contribution in [2.24, 2.45) is 5.92 Å². The van der Waals surface area contributed by atoms with Crippen LogP contribution < -0.4 is 5.32 Å². The van der Waals surface area contributed by atoms with Crippen molar-refractivity contribution in [3.8, 4) is 6.07 Å². The lowest BCUT2D eigenvalue weighted by molar-refractivity contribution is -0.150. The van der Waals surface area contributed by atoms with Crippen LogP contribution in [-0.4, -0.2) is 42.0 Å². The molecule has 0 aromatic rings. The third kappa shape index (κ3) is 5.40. The molecule has 1 saturated heterocycles. The maximum atomic E-state index is 12.3. The largest absolute Gasteiger partial charge is 0.466 e. The van der Waals surface area contributed by atoms with Gasteiger partial charge in [0.25, 0.3) is 5.91 Å². The van der Waals surface area contributed by atoms with Crippen molar-refractivity contribution in [2.45, 2.75) is 46.1 Å². The fourth-order valence-electron chi connectivity index (χ4n) is 2.18. The number of carbonyl (C=O) groups is 2. The van der Waals surface area contributed by atoms with E-state index in [0.29, 0.717) is 32.5 Å². The highest BCUT2D eigenvalue weighted by Crippen LogP contribution is 2.20. The minimum Gasteiger partial charge on any atom is -0.466 e. The second-order valence-corrected chi connectivity index (χ2v) is 6.38. The standard InChI is InChI=1S/C16H25N3O3/c1-5-22-15(21)12-6-8-19(9-7-12)14(20)13(10-17)11-18-16(2,3)4/h11-12,18H,5-9H2,1-4H3/b13-11-. The van der Waals surface area contributed by atoms with Gasteiger partial charge in [-0.05, 0) is 40.5 Å². The second-order valence-electron chi connectivity index (χ2n) is 6.38. The molecule has 1 amide bonds. The van der Waals surface area contributed by atoms with Gasteiger partial charge in [0.05, 0.1) is 12.5 Å². The van der Waals surface area contributed by atoms with Crippen molar-refractivity contribution in [3.05, 3.63) is 11.8 Å². The summed E-state index contributed by atoms with van der Waals surface area (Å²) < 4.78 is 5.01. The summed E-state index contributed by atoms with van der Waals surface area (Å²) in [6.07, 6.45) is 2.63. The molecule has 0 spiro atoms. The number of ether oxygens (including phenoxy) is 1. The Labute approximate surface area is 132 Å². The van der Waals surface area contributed by atoms with E-state index in [0.717, 1.165) is 0 Å². The van der Waals surface area contributed by atoms with Crippen molar-refractivity contribution in [1.82, 2.24) is 10.2 Å². The van der Waals surface area contributed by atoms with Crippen LogP contribution in [0.15, 0.2) is 11.8 Å². The van der Waals surface area contributed by atoms with Crippen molar-refractivity contribution < 1.29 is 14.3 Å². The van der Waals surface area contributed by atoms with Gasteiger partial charge in [-0.1, -0.05) is 0 Å². The van der Waals surface area contributed by atoms with Crippen molar-refractivity contribution in [1.29, 1.82) is 5.26 Å². The smallest absolute Gasteiger partial charge is 0.309 e. The first kappa shape index (κ1) is 18.0. The van der Waals surface area contributed by atoms with Crippen LogP contribution in [-0.2, 0) is 14.3 Å². The zero-order chi connectivity index (χ0) is 16.8. The molecule has 0 unspecified atom stereocenters. The Kier molecular flexibility index (Phi) is 6.41. The second kappa shape index (κ2) is 7.83. The molecule has 1 N–H and O–H groups in total. The molecule has 1 aliphatic heterocycles. The van der Waals surface area contributed by atoms with Crippen LogP contribution in [0.2, 0.25) is 0 Å². The number of nitrogens with zero attached hydrogens (tertiary/aromatic N) is 2. The predicted octanol–water partition coefficient (Wildman–Crippen LogP) is 1.58. The minimum absolute atomic E-state index is 0.0875. The summed E-state index contributed by atoms with van der Waals surface area (Å²) in [6.45, 7) is 8.95.